The molecule has 0 aromatic heterocycles. The fourth-order valence-electron chi connectivity index (χ4n) is 1.86. The summed E-state index contributed by atoms with van der Waals surface area (Å²) in [4.78, 5) is 11.9. The second-order valence-corrected chi connectivity index (χ2v) is 5.61. The Labute approximate surface area is 130 Å². The van der Waals surface area contributed by atoms with Crippen LogP contribution in [-0.4, -0.2) is 44.1 Å². The van der Waals surface area contributed by atoms with E-state index >= 15 is 0 Å². The van der Waals surface area contributed by atoms with Gasteiger partial charge in [-0.25, -0.2) is 0 Å². The summed E-state index contributed by atoms with van der Waals surface area (Å²) in [6.45, 7) is 2.24. The van der Waals surface area contributed by atoms with E-state index in [4.69, 9.17) is 14.6 Å². The van der Waals surface area contributed by atoms with Crippen molar-refractivity contribution in [2.24, 2.45) is 0 Å². The number of carbonyl (C=O) groups excluding carboxylic acids is 1. The second-order valence-electron chi connectivity index (χ2n) is 4.47. The molecule has 0 saturated heterocycles. The van der Waals surface area contributed by atoms with Crippen molar-refractivity contribution in [2.75, 3.05) is 33.1 Å². The number of hydrogen-bond acceptors (Lipinski definition) is 5. The topological polar surface area (TPSA) is 67.8 Å². The third-order valence-electron chi connectivity index (χ3n) is 2.89. The monoisotopic (exact) mass is 313 g/mol. The average Bonchev–Trinajstić information content (AvgIpc) is 2.47. The number of methoxy groups -OCH3 is 2. The van der Waals surface area contributed by atoms with E-state index in [2.05, 4.69) is 5.32 Å². The molecule has 1 aromatic carbocycles. The number of amides is 1. The molecule has 0 aliphatic carbocycles. The summed E-state index contributed by atoms with van der Waals surface area (Å²) in [6, 6.07) is 3.89. The molecule has 0 bridgehead atoms. The van der Waals surface area contributed by atoms with Crippen LogP contribution in [0.4, 0.5) is 0 Å². The quantitative estimate of drug-likeness (QED) is 0.538. The van der Waals surface area contributed by atoms with E-state index in [0.717, 1.165) is 34.1 Å². The maximum atomic E-state index is 10.9. The van der Waals surface area contributed by atoms with Crippen LogP contribution >= 0.6 is 11.8 Å². The number of hydrogen-bond donors (Lipinski definition) is 2. The SMILES string of the molecule is COc1cc(SCCCO)c(OC)cc1CCNC(C)=O. The van der Waals surface area contributed by atoms with Crippen LogP contribution in [0.25, 0.3) is 0 Å². The molecule has 1 aromatic rings. The molecule has 21 heavy (non-hydrogen) atoms. The lowest BCUT2D eigenvalue weighted by molar-refractivity contribution is -0.118. The van der Waals surface area contributed by atoms with Crippen LogP contribution < -0.4 is 14.8 Å². The van der Waals surface area contributed by atoms with Gasteiger partial charge in [0.2, 0.25) is 5.91 Å². The highest BCUT2D eigenvalue weighted by atomic mass is 32.2. The molecular formula is C15H23NO4S. The van der Waals surface area contributed by atoms with Crippen LogP contribution in [0.1, 0.15) is 18.9 Å². The van der Waals surface area contributed by atoms with Crippen LogP contribution in [-0.2, 0) is 11.2 Å². The fourth-order valence-corrected chi connectivity index (χ4v) is 2.83. The summed E-state index contributed by atoms with van der Waals surface area (Å²) in [6.07, 6.45) is 1.42. The summed E-state index contributed by atoms with van der Waals surface area (Å²) in [5.41, 5.74) is 0.995. The van der Waals surface area contributed by atoms with Gasteiger partial charge >= 0.3 is 0 Å². The molecule has 0 heterocycles. The molecular weight excluding hydrogens is 290 g/mol. The van der Waals surface area contributed by atoms with E-state index in [1.807, 2.05) is 12.1 Å². The standard InChI is InChI=1S/C15H23NO4S/c1-11(18)16-6-5-12-9-14(20-3)15(10-13(12)19-2)21-8-4-7-17/h9-10,17H,4-8H2,1-3H3,(H,16,18). The molecule has 6 heteroatoms. The van der Waals surface area contributed by atoms with Gasteiger partial charge in [0.25, 0.3) is 0 Å². The van der Waals surface area contributed by atoms with Gasteiger partial charge in [-0.1, -0.05) is 0 Å². The molecule has 0 fully saturated rings. The molecule has 1 rings (SSSR count). The summed E-state index contributed by atoms with van der Waals surface area (Å²) in [5.74, 6) is 2.35. The Morgan fingerprint density at radius 2 is 2.00 bits per heavy atom. The molecule has 0 atom stereocenters. The van der Waals surface area contributed by atoms with Crippen molar-refractivity contribution >= 4 is 17.7 Å². The summed E-state index contributed by atoms with van der Waals surface area (Å²) >= 11 is 1.63. The maximum Gasteiger partial charge on any atom is 0.216 e. The van der Waals surface area contributed by atoms with Gasteiger partial charge in [0.05, 0.1) is 19.1 Å². The Hall–Kier alpha value is -1.40. The molecule has 1 amide bonds. The molecule has 118 valence electrons. The van der Waals surface area contributed by atoms with Gasteiger partial charge in [-0.15, -0.1) is 11.8 Å². The predicted octanol–water partition coefficient (Wildman–Crippen LogP) is 1.86. The maximum absolute atomic E-state index is 10.9. The van der Waals surface area contributed by atoms with Crippen molar-refractivity contribution in [3.8, 4) is 11.5 Å². The first-order valence-corrected chi connectivity index (χ1v) is 7.84. The largest absolute Gasteiger partial charge is 0.496 e. The Morgan fingerprint density at radius 3 is 2.57 bits per heavy atom. The lowest BCUT2D eigenvalue weighted by Gasteiger charge is -2.14. The average molecular weight is 313 g/mol. The first kappa shape index (κ1) is 17.7. The van der Waals surface area contributed by atoms with E-state index in [0.29, 0.717) is 13.0 Å². The van der Waals surface area contributed by atoms with Crippen LogP contribution in [0.15, 0.2) is 17.0 Å². The van der Waals surface area contributed by atoms with Gasteiger partial charge in [-0.3, -0.25) is 4.79 Å². The number of rotatable bonds is 9. The fraction of sp³-hybridized carbons (Fsp3) is 0.533. The molecule has 0 saturated carbocycles. The van der Waals surface area contributed by atoms with Crippen molar-refractivity contribution in [2.45, 2.75) is 24.7 Å². The van der Waals surface area contributed by atoms with Crippen molar-refractivity contribution in [3.05, 3.63) is 17.7 Å². The number of benzene rings is 1. The van der Waals surface area contributed by atoms with E-state index in [1.54, 1.807) is 26.0 Å². The summed E-state index contributed by atoms with van der Waals surface area (Å²) < 4.78 is 10.8. The Kier molecular flexibility index (Phi) is 8.00. The first-order valence-electron chi connectivity index (χ1n) is 6.85. The van der Waals surface area contributed by atoms with E-state index in [1.165, 1.54) is 6.92 Å². The normalized spacial score (nSPS) is 10.3. The molecule has 0 unspecified atom stereocenters. The highest BCUT2D eigenvalue weighted by Gasteiger charge is 2.11. The third kappa shape index (κ3) is 5.85. The Balaban J connectivity index is 2.85. The van der Waals surface area contributed by atoms with Gasteiger partial charge in [0.1, 0.15) is 11.5 Å². The van der Waals surface area contributed by atoms with Gasteiger partial charge in [0.15, 0.2) is 0 Å². The Morgan fingerprint density at radius 1 is 1.29 bits per heavy atom. The second kappa shape index (κ2) is 9.52. The van der Waals surface area contributed by atoms with Gasteiger partial charge in [0, 0.05) is 25.8 Å². The van der Waals surface area contributed by atoms with Crippen molar-refractivity contribution in [3.63, 3.8) is 0 Å². The minimum atomic E-state index is -0.0443. The smallest absolute Gasteiger partial charge is 0.216 e. The number of ether oxygens (including phenoxy) is 2. The molecule has 0 aliphatic heterocycles. The number of thioether (sulfide) groups is 1. The molecule has 0 spiro atoms. The van der Waals surface area contributed by atoms with Gasteiger partial charge < -0.3 is 19.9 Å². The van der Waals surface area contributed by atoms with E-state index < -0.39 is 0 Å². The number of carbonyl (C=O) groups is 1. The molecule has 2 N–H and O–H groups in total. The lowest BCUT2D eigenvalue weighted by Crippen LogP contribution is -2.22. The van der Waals surface area contributed by atoms with Crippen LogP contribution in [0.2, 0.25) is 0 Å². The third-order valence-corrected chi connectivity index (χ3v) is 4.02. The summed E-state index contributed by atoms with van der Waals surface area (Å²) in [7, 11) is 3.27. The molecule has 5 nitrogen and oxygen atoms in total. The lowest BCUT2D eigenvalue weighted by atomic mass is 10.1. The number of nitrogens with one attached hydrogen (secondary N) is 1. The van der Waals surface area contributed by atoms with Gasteiger partial charge in [-0.2, -0.15) is 0 Å². The highest BCUT2D eigenvalue weighted by molar-refractivity contribution is 7.99. The van der Waals surface area contributed by atoms with Crippen LogP contribution in [0.3, 0.4) is 0 Å². The van der Waals surface area contributed by atoms with Crippen molar-refractivity contribution in [1.82, 2.24) is 5.32 Å². The zero-order valence-electron chi connectivity index (χ0n) is 12.8. The highest BCUT2D eigenvalue weighted by Crippen LogP contribution is 2.36. The van der Waals surface area contributed by atoms with E-state index in [-0.39, 0.29) is 12.5 Å². The number of aliphatic hydroxyl groups is 1. The van der Waals surface area contributed by atoms with E-state index in [9.17, 15) is 4.79 Å². The van der Waals surface area contributed by atoms with Crippen molar-refractivity contribution < 1.29 is 19.4 Å². The minimum Gasteiger partial charge on any atom is -0.496 e. The van der Waals surface area contributed by atoms with Crippen molar-refractivity contribution in [1.29, 1.82) is 0 Å². The summed E-state index contributed by atoms with van der Waals surface area (Å²) in [5, 5.41) is 11.6. The minimum absolute atomic E-state index is 0.0443. The molecule has 0 radical (unpaired) electrons. The van der Waals surface area contributed by atoms with Crippen LogP contribution in [0.5, 0.6) is 11.5 Å². The molecule has 0 aliphatic rings. The first-order chi connectivity index (χ1) is 10.1. The predicted molar refractivity (Wildman–Crippen MR) is 84.4 cm³/mol. The zero-order chi connectivity index (χ0) is 15.7. The zero-order valence-corrected chi connectivity index (χ0v) is 13.6. The van der Waals surface area contributed by atoms with Gasteiger partial charge in [-0.05, 0) is 30.5 Å². The number of aliphatic hydroxyl groups excluding tert-OH is 1. The Bertz CT molecular complexity index is 465. The van der Waals surface area contributed by atoms with Crippen LogP contribution in [0, 0.1) is 0 Å².